The van der Waals surface area contributed by atoms with Gasteiger partial charge in [0, 0.05) is 30.9 Å². The van der Waals surface area contributed by atoms with E-state index in [2.05, 4.69) is 22.8 Å². The minimum absolute atomic E-state index is 0.0808. The van der Waals surface area contributed by atoms with Gasteiger partial charge in [0.2, 0.25) is 0 Å². The summed E-state index contributed by atoms with van der Waals surface area (Å²) in [5, 5.41) is 5.49. The highest BCUT2D eigenvalue weighted by atomic mass is 19.1. The lowest BCUT2D eigenvalue weighted by Gasteiger charge is -2.33. The molecule has 1 aliphatic carbocycles. The van der Waals surface area contributed by atoms with Crippen LogP contribution in [0, 0.1) is 11.7 Å². The average molecular weight is 410 g/mol. The van der Waals surface area contributed by atoms with Crippen molar-refractivity contribution in [2.45, 2.75) is 38.5 Å². The Morgan fingerprint density at radius 1 is 1.03 bits per heavy atom. The van der Waals surface area contributed by atoms with Crippen LogP contribution in [0.5, 0.6) is 0 Å². The molecule has 1 aliphatic heterocycles. The van der Waals surface area contributed by atoms with Crippen LogP contribution in [0.2, 0.25) is 0 Å². The van der Waals surface area contributed by atoms with Gasteiger partial charge in [0.05, 0.1) is 0 Å². The smallest absolute Gasteiger partial charge is 0.319 e. The number of halogens is 1. The van der Waals surface area contributed by atoms with Crippen LogP contribution in [0.1, 0.15) is 47.2 Å². The Balaban J connectivity index is 1.30. The van der Waals surface area contributed by atoms with Crippen LogP contribution in [-0.2, 0) is 12.8 Å². The van der Waals surface area contributed by atoms with E-state index in [1.54, 1.807) is 12.1 Å². The zero-order valence-electron chi connectivity index (χ0n) is 17.1. The van der Waals surface area contributed by atoms with E-state index in [-0.39, 0.29) is 17.9 Å². The molecule has 0 aromatic heterocycles. The number of rotatable bonds is 4. The molecular weight excluding hydrogens is 381 g/mol. The summed E-state index contributed by atoms with van der Waals surface area (Å²) in [5.74, 6) is -0.104. The fraction of sp³-hybridized carbons (Fsp3) is 0.417. The van der Waals surface area contributed by atoms with Crippen LogP contribution >= 0.6 is 0 Å². The van der Waals surface area contributed by atoms with E-state index in [4.69, 9.17) is 0 Å². The van der Waals surface area contributed by atoms with Crippen molar-refractivity contribution in [1.82, 2.24) is 10.2 Å². The van der Waals surface area contributed by atoms with Crippen LogP contribution in [0.3, 0.4) is 0 Å². The van der Waals surface area contributed by atoms with E-state index in [0.29, 0.717) is 18.8 Å². The third kappa shape index (κ3) is 4.99. The quantitative estimate of drug-likeness (QED) is 0.787. The predicted octanol–water partition coefficient (Wildman–Crippen LogP) is 4.38. The van der Waals surface area contributed by atoms with Gasteiger partial charge in [-0.3, -0.25) is 4.79 Å². The SMILES string of the molecule is O=C(NCC1CCCN(C(=O)c2ccc3c(c2)CCCC3)C1)Nc1cccc(F)c1. The second kappa shape index (κ2) is 9.28. The van der Waals surface area contributed by atoms with Gasteiger partial charge in [-0.2, -0.15) is 0 Å². The molecule has 30 heavy (non-hydrogen) atoms. The summed E-state index contributed by atoms with van der Waals surface area (Å²) in [5.41, 5.74) is 3.88. The summed E-state index contributed by atoms with van der Waals surface area (Å²) in [6.07, 6.45) is 6.48. The molecule has 1 fully saturated rings. The van der Waals surface area contributed by atoms with Crippen molar-refractivity contribution in [2.75, 3.05) is 25.0 Å². The number of piperidine rings is 1. The van der Waals surface area contributed by atoms with Crippen molar-refractivity contribution in [3.63, 3.8) is 0 Å². The summed E-state index contributed by atoms with van der Waals surface area (Å²) in [7, 11) is 0. The van der Waals surface area contributed by atoms with Gasteiger partial charge in [-0.15, -0.1) is 0 Å². The minimum atomic E-state index is -0.392. The van der Waals surface area contributed by atoms with E-state index in [1.807, 2.05) is 11.0 Å². The Hall–Kier alpha value is -2.89. The number of aryl methyl sites for hydroxylation is 2. The maximum Gasteiger partial charge on any atom is 0.319 e. The van der Waals surface area contributed by atoms with Gasteiger partial charge in [0.1, 0.15) is 5.82 Å². The Morgan fingerprint density at radius 3 is 2.70 bits per heavy atom. The van der Waals surface area contributed by atoms with E-state index < -0.39 is 5.82 Å². The molecule has 4 rings (SSSR count). The topological polar surface area (TPSA) is 61.4 Å². The van der Waals surface area contributed by atoms with Crippen LogP contribution in [0.15, 0.2) is 42.5 Å². The van der Waals surface area contributed by atoms with Gasteiger partial charge in [0.25, 0.3) is 5.91 Å². The molecule has 3 amide bonds. The number of carbonyl (C=O) groups is 2. The van der Waals surface area contributed by atoms with Gasteiger partial charge in [-0.25, -0.2) is 9.18 Å². The largest absolute Gasteiger partial charge is 0.338 e. The molecule has 1 atom stereocenters. The molecule has 5 nitrogen and oxygen atoms in total. The lowest BCUT2D eigenvalue weighted by atomic mass is 9.90. The zero-order chi connectivity index (χ0) is 20.9. The molecule has 2 aliphatic rings. The molecule has 2 aromatic rings. The number of carbonyl (C=O) groups excluding carboxylic acids is 2. The molecule has 1 unspecified atom stereocenters. The molecule has 158 valence electrons. The Kier molecular flexibility index (Phi) is 6.31. The molecule has 0 radical (unpaired) electrons. The summed E-state index contributed by atoms with van der Waals surface area (Å²) in [6.45, 7) is 1.87. The van der Waals surface area contributed by atoms with Crippen molar-refractivity contribution in [1.29, 1.82) is 0 Å². The first-order chi connectivity index (χ1) is 14.6. The second-order valence-corrected chi connectivity index (χ2v) is 8.30. The summed E-state index contributed by atoms with van der Waals surface area (Å²) in [4.78, 5) is 27.1. The number of amides is 3. The van der Waals surface area contributed by atoms with Gasteiger partial charge in [-0.05, 0) is 85.9 Å². The lowest BCUT2D eigenvalue weighted by molar-refractivity contribution is 0.0675. The number of likely N-dealkylation sites (tertiary alicyclic amines) is 1. The van der Waals surface area contributed by atoms with Gasteiger partial charge in [-0.1, -0.05) is 12.1 Å². The van der Waals surface area contributed by atoms with Crippen LogP contribution < -0.4 is 10.6 Å². The standard InChI is InChI=1S/C24H28FN3O2/c25-21-8-3-9-22(14-21)27-24(30)26-15-17-5-4-12-28(16-17)23(29)20-11-10-18-6-1-2-7-19(18)13-20/h3,8-11,13-14,17H,1-2,4-7,12,15-16H2,(H2,26,27,30). The first kappa shape index (κ1) is 20.4. The molecule has 6 heteroatoms. The molecule has 1 heterocycles. The number of hydrogen-bond acceptors (Lipinski definition) is 2. The van der Waals surface area contributed by atoms with E-state index in [1.165, 1.54) is 36.1 Å². The first-order valence-electron chi connectivity index (χ1n) is 10.8. The Morgan fingerprint density at radius 2 is 1.87 bits per heavy atom. The number of anilines is 1. The van der Waals surface area contributed by atoms with Crippen molar-refractivity contribution in [2.24, 2.45) is 5.92 Å². The summed E-state index contributed by atoms with van der Waals surface area (Å²) >= 11 is 0. The molecule has 0 spiro atoms. The van der Waals surface area contributed by atoms with Gasteiger partial charge >= 0.3 is 6.03 Å². The van der Waals surface area contributed by atoms with Crippen LogP contribution in [0.4, 0.5) is 14.9 Å². The highest BCUT2D eigenvalue weighted by Crippen LogP contribution is 2.24. The van der Waals surface area contributed by atoms with Crippen molar-refractivity contribution < 1.29 is 14.0 Å². The monoisotopic (exact) mass is 409 g/mol. The fourth-order valence-corrected chi connectivity index (χ4v) is 4.44. The third-order valence-corrected chi connectivity index (χ3v) is 6.04. The third-order valence-electron chi connectivity index (χ3n) is 6.04. The fourth-order valence-electron chi connectivity index (χ4n) is 4.44. The summed E-state index contributed by atoms with van der Waals surface area (Å²) < 4.78 is 13.2. The molecule has 1 saturated heterocycles. The summed E-state index contributed by atoms with van der Waals surface area (Å²) in [6, 6.07) is 11.6. The minimum Gasteiger partial charge on any atom is -0.338 e. The number of urea groups is 1. The average Bonchev–Trinajstić information content (AvgIpc) is 2.77. The maximum atomic E-state index is 13.2. The maximum absolute atomic E-state index is 13.2. The van der Waals surface area contributed by atoms with Gasteiger partial charge in [0.15, 0.2) is 0 Å². The van der Waals surface area contributed by atoms with Gasteiger partial charge < -0.3 is 15.5 Å². The Labute approximate surface area is 176 Å². The number of nitrogens with zero attached hydrogens (tertiary/aromatic N) is 1. The first-order valence-corrected chi connectivity index (χ1v) is 10.8. The highest BCUT2D eigenvalue weighted by Gasteiger charge is 2.25. The molecular formula is C24H28FN3O2. The van der Waals surface area contributed by atoms with E-state index >= 15 is 0 Å². The molecule has 0 bridgehead atoms. The molecule has 2 aromatic carbocycles. The lowest BCUT2D eigenvalue weighted by Crippen LogP contribution is -2.44. The zero-order valence-corrected chi connectivity index (χ0v) is 17.1. The van der Waals surface area contributed by atoms with E-state index in [9.17, 15) is 14.0 Å². The van der Waals surface area contributed by atoms with Crippen molar-refractivity contribution >= 4 is 17.6 Å². The number of nitrogens with one attached hydrogen (secondary N) is 2. The molecule has 0 saturated carbocycles. The number of benzene rings is 2. The van der Waals surface area contributed by atoms with Crippen molar-refractivity contribution in [3.05, 3.63) is 65.0 Å². The van der Waals surface area contributed by atoms with E-state index in [0.717, 1.165) is 37.8 Å². The van der Waals surface area contributed by atoms with Crippen molar-refractivity contribution in [3.8, 4) is 0 Å². The normalized spacial score (nSPS) is 18.4. The number of fused-ring (bicyclic) bond motifs is 1. The Bertz CT molecular complexity index is 930. The van der Waals surface area contributed by atoms with Crippen LogP contribution in [-0.4, -0.2) is 36.5 Å². The highest BCUT2D eigenvalue weighted by molar-refractivity contribution is 5.94. The van der Waals surface area contributed by atoms with Crippen LogP contribution in [0.25, 0.3) is 0 Å². The molecule has 2 N–H and O–H groups in total. The number of hydrogen-bond donors (Lipinski definition) is 2. The predicted molar refractivity (Wildman–Crippen MR) is 115 cm³/mol. The second-order valence-electron chi connectivity index (χ2n) is 8.30.